The van der Waals surface area contributed by atoms with Crippen LogP contribution < -0.4 is 4.74 Å². The maximum Gasteiger partial charge on any atom is 0.240 e. The van der Waals surface area contributed by atoms with Crippen molar-refractivity contribution in [2.45, 2.75) is 51.0 Å². The second-order valence-electron chi connectivity index (χ2n) is 5.77. The summed E-state index contributed by atoms with van der Waals surface area (Å²) < 4.78 is 11.2. The molecule has 0 heterocycles. The van der Waals surface area contributed by atoms with Gasteiger partial charge in [-0.25, -0.2) is 6.57 Å². The van der Waals surface area contributed by atoms with Crippen LogP contribution in [0.1, 0.15) is 50.5 Å². The summed E-state index contributed by atoms with van der Waals surface area (Å²) in [7, 11) is 0. The second-order valence-corrected chi connectivity index (χ2v) is 5.77. The molecule has 0 spiro atoms. The van der Waals surface area contributed by atoms with Gasteiger partial charge in [-0.3, -0.25) is 0 Å². The predicted octanol–water partition coefficient (Wildman–Crippen LogP) is 4.44. The lowest BCUT2D eigenvalue weighted by Gasteiger charge is -2.22. The molecule has 0 aliphatic heterocycles. The van der Waals surface area contributed by atoms with Crippen LogP contribution in [0.15, 0.2) is 24.3 Å². The van der Waals surface area contributed by atoms with Gasteiger partial charge in [0.2, 0.25) is 6.54 Å². The largest absolute Gasteiger partial charge is 0.491 e. The molecule has 3 heteroatoms. The summed E-state index contributed by atoms with van der Waals surface area (Å²) in [5, 5.41) is 0. The molecule has 21 heavy (non-hydrogen) atoms. The van der Waals surface area contributed by atoms with Crippen LogP contribution in [-0.4, -0.2) is 25.9 Å². The molecule has 1 atom stereocenters. The van der Waals surface area contributed by atoms with Gasteiger partial charge in [0.1, 0.15) is 18.5 Å². The van der Waals surface area contributed by atoms with Crippen LogP contribution in [0, 0.1) is 6.57 Å². The maximum absolute atomic E-state index is 6.77. The minimum absolute atomic E-state index is 0.0141. The predicted molar refractivity (Wildman–Crippen MR) is 84.6 cm³/mol. The average Bonchev–Trinajstić information content (AvgIpc) is 2.53. The summed E-state index contributed by atoms with van der Waals surface area (Å²) in [5.41, 5.74) is 1.45. The molecule has 114 valence electrons. The van der Waals surface area contributed by atoms with E-state index in [4.69, 9.17) is 16.0 Å². The fraction of sp³-hybridized carbons (Fsp3) is 0.611. The number of hydrogen-bond donors (Lipinski definition) is 0. The zero-order valence-electron chi connectivity index (χ0n) is 12.9. The number of benzene rings is 1. The molecule has 1 fully saturated rings. The minimum Gasteiger partial charge on any atom is -0.491 e. The number of nitrogens with zero attached hydrogens (tertiary/aromatic N) is 1. The molecule has 0 radical (unpaired) electrons. The van der Waals surface area contributed by atoms with Gasteiger partial charge in [-0.1, -0.05) is 31.4 Å². The quantitative estimate of drug-likeness (QED) is 0.546. The van der Waals surface area contributed by atoms with Crippen molar-refractivity contribution in [3.8, 4) is 5.75 Å². The molecule has 0 aromatic heterocycles. The Balaban J connectivity index is 1.71. The van der Waals surface area contributed by atoms with Gasteiger partial charge >= 0.3 is 0 Å². The lowest BCUT2D eigenvalue weighted by molar-refractivity contribution is 0.0536. The van der Waals surface area contributed by atoms with Crippen molar-refractivity contribution in [3.63, 3.8) is 0 Å². The van der Waals surface area contributed by atoms with Crippen LogP contribution in [-0.2, 0) is 4.74 Å². The van der Waals surface area contributed by atoms with Crippen LogP contribution in [0.5, 0.6) is 5.75 Å². The molecule has 1 unspecified atom stereocenters. The fourth-order valence-electron chi connectivity index (χ4n) is 2.86. The van der Waals surface area contributed by atoms with Crippen molar-refractivity contribution < 1.29 is 9.47 Å². The Morgan fingerprint density at radius 3 is 2.52 bits per heavy atom. The fourth-order valence-corrected chi connectivity index (χ4v) is 2.86. The first-order valence-corrected chi connectivity index (χ1v) is 7.97. The highest BCUT2D eigenvalue weighted by molar-refractivity contribution is 5.29. The Labute approximate surface area is 128 Å². The molecule has 1 saturated carbocycles. The first kappa shape index (κ1) is 15.9. The lowest BCUT2D eigenvalue weighted by Crippen LogP contribution is -2.16. The van der Waals surface area contributed by atoms with E-state index in [0.29, 0.717) is 19.8 Å². The monoisotopic (exact) mass is 287 g/mol. The smallest absolute Gasteiger partial charge is 0.240 e. The maximum atomic E-state index is 6.77. The summed E-state index contributed by atoms with van der Waals surface area (Å²) >= 11 is 0. The SMILES string of the molecule is [C-]#[N+]CC(C)OCCOc1ccc(C2CCCCC2)cc1. The molecule has 1 aromatic carbocycles. The topological polar surface area (TPSA) is 22.8 Å². The number of ether oxygens (including phenoxy) is 2. The second kappa shape index (κ2) is 8.69. The van der Waals surface area contributed by atoms with Crippen LogP contribution in [0.3, 0.4) is 0 Å². The van der Waals surface area contributed by atoms with Crippen molar-refractivity contribution in [1.82, 2.24) is 0 Å². The molecule has 0 amide bonds. The summed E-state index contributed by atoms with van der Waals surface area (Å²) in [6.07, 6.45) is 6.76. The zero-order valence-corrected chi connectivity index (χ0v) is 12.9. The molecule has 1 aliphatic rings. The van der Waals surface area contributed by atoms with E-state index < -0.39 is 0 Å². The summed E-state index contributed by atoms with van der Waals surface area (Å²) in [4.78, 5) is 3.31. The summed E-state index contributed by atoms with van der Waals surface area (Å²) in [5.74, 6) is 1.64. The summed E-state index contributed by atoms with van der Waals surface area (Å²) in [6.45, 7) is 10.2. The Morgan fingerprint density at radius 1 is 1.14 bits per heavy atom. The van der Waals surface area contributed by atoms with Gasteiger partial charge in [-0.15, -0.1) is 0 Å². The molecule has 0 saturated heterocycles. The molecular formula is C18H25NO2. The highest BCUT2D eigenvalue weighted by Gasteiger charge is 2.15. The van der Waals surface area contributed by atoms with Crippen molar-refractivity contribution >= 4 is 0 Å². The van der Waals surface area contributed by atoms with Crippen LogP contribution in [0.4, 0.5) is 0 Å². The van der Waals surface area contributed by atoms with E-state index in [-0.39, 0.29) is 6.10 Å². The standard InChI is InChI=1S/C18H25NO2/c1-15(14-19-2)20-12-13-21-18-10-8-17(9-11-18)16-6-4-3-5-7-16/h8-11,15-16H,3-7,12-14H2,1H3. The molecule has 1 aliphatic carbocycles. The molecule has 0 bridgehead atoms. The van der Waals surface area contributed by atoms with E-state index in [0.717, 1.165) is 11.7 Å². The van der Waals surface area contributed by atoms with Gasteiger partial charge < -0.3 is 14.3 Å². The highest BCUT2D eigenvalue weighted by Crippen LogP contribution is 2.33. The first-order chi connectivity index (χ1) is 10.3. The summed E-state index contributed by atoms with van der Waals surface area (Å²) in [6, 6.07) is 8.53. The Kier molecular flexibility index (Phi) is 6.56. The van der Waals surface area contributed by atoms with E-state index in [2.05, 4.69) is 29.1 Å². The van der Waals surface area contributed by atoms with Crippen molar-refractivity contribution in [3.05, 3.63) is 41.2 Å². The van der Waals surface area contributed by atoms with Crippen molar-refractivity contribution in [2.75, 3.05) is 19.8 Å². The Bertz CT molecular complexity index is 443. The van der Waals surface area contributed by atoms with Crippen LogP contribution in [0.25, 0.3) is 4.85 Å². The van der Waals surface area contributed by atoms with E-state index in [9.17, 15) is 0 Å². The van der Waals surface area contributed by atoms with Crippen LogP contribution in [0.2, 0.25) is 0 Å². The van der Waals surface area contributed by atoms with Gasteiger partial charge in [0.15, 0.2) is 0 Å². The molecule has 2 rings (SSSR count). The molecule has 1 aromatic rings. The van der Waals surface area contributed by atoms with Gasteiger partial charge in [0.25, 0.3) is 0 Å². The zero-order chi connectivity index (χ0) is 14.9. The third-order valence-corrected chi connectivity index (χ3v) is 4.06. The number of rotatable bonds is 7. The normalized spacial score (nSPS) is 17.1. The minimum atomic E-state index is -0.0141. The Morgan fingerprint density at radius 2 is 1.86 bits per heavy atom. The molecule has 0 N–H and O–H groups in total. The van der Waals surface area contributed by atoms with E-state index >= 15 is 0 Å². The van der Waals surface area contributed by atoms with Gasteiger partial charge in [-0.2, -0.15) is 0 Å². The molecule has 3 nitrogen and oxygen atoms in total. The van der Waals surface area contributed by atoms with E-state index in [1.54, 1.807) is 0 Å². The first-order valence-electron chi connectivity index (χ1n) is 7.97. The molecular weight excluding hydrogens is 262 g/mol. The van der Waals surface area contributed by atoms with Crippen molar-refractivity contribution in [2.24, 2.45) is 0 Å². The van der Waals surface area contributed by atoms with Gasteiger partial charge in [0.05, 0.1) is 6.61 Å². The lowest BCUT2D eigenvalue weighted by atomic mass is 9.84. The van der Waals surface area contributed by atoms with Gasteiger partial charge in [-0.05, 0) is 43.4 Å². The average molecular weight is 287 g/mol. The van der Waals surface area contributed by atoms with Gasteiger partial charge in [0, 0.05) is 0 Å². The van der Waals surface area contributed by atoms with Crippen LogP contribution >= 0.6 is 0 Å². The number of hydrogen-bond acceptors (Lipinski definition) is 2. The Hall–Kier alpha value is -1.53. The highest BCUT2D eigenvalue weighted by atomic mass is 16.5. The van der Waals surface area contributed by atoms with E-state index in [1.807, 2.05) is 6.92 Å². The third-order valence-electron chi connectivity index (χ3n) is 4.06. The van der Waals surface area contributed by atoms with E-state index in [1.165, 1.54) is 37.7 Å². The van der Waals surface area contributed by atoms with Crippen molar-refractivity contribution in [1.29, 1.82) is 0 Å². The third kappa shape index (κ3) is 5.40.